The zero-order valence-electron chi connectivity index (χ0n) is 17.7. The third kappa shape index (κ3) is 4.94. The lowest BCUT2D eigenvalue weighted by Gasteiger charge is -2.36. The van der Waals surface area contributed by atoms with Crippen molar-refractivity contribution in [2.45, 2.75) is 25.2 Å². The van der Waals surface area contributed by atoms with Gasteiger partial charge in [-0.2, -0.15) is 0 Å². The molecule has 0 radical (unpaired) electrons. The standard InChI is InChI=1S/C23H22F3N5O2/c24-23(25,26)33-17-9-5-15(6-10-17)22(32)31-13-11-30(12-14-31)21-20(27-16-7-8-16)28-18-3-1-2-4-19(18)29-21/h1-6,9-10,16H,7-8,11-14H2,(H,27,28). The zero-order valence-corrected chi connectivity index (χ0v) is 17.7. The van der Waals surface area contributed by atoms with Crippen LogP contribution in [0.25, 0.3) is 11.0 Å². The fourth-order valence-electron chi connectivity index (χ4n) is 3.83. The summed E-state index contributed by atoms with van der Waals surface area (Å²) in [4.78, 5) is 26.3. The molecule has 0 unspecified atom stereocenters. The van der Waals surface area contributed by atoms with Crippen LogP contribution in [0.3, 0.4) is 0 Å². The van der Waals surface area contributed by atoms with Crippen molar-refractivity contribution in [1.29, 1.82) is 0 Å². The summed E-state index contributed by atoms with van der Waals surface area (Å²) in [5, 5.41) is 3.47. The first-order chi connectivity index (χ1) is 15.9. The van der Waals surface area contributed by atoms with Gasteiger partial charge in [-0.25, -0.2) is 9.97 Å². The third-order valence-electron chi connectivity index (χ3n) is 5.67. The molecule has 7 nitrogen and oxygen atoms in total. The molecule has 1 saturated carbocycles. The molecule has 3 aromatic rings. The van der Waals surface area contributed by atoms with Crippen molar-refractivity contribution in [2.75, 3.05) is 36.4 Å². The van der Waals surface area contributed by atoms with Crippen LogP contribution in [0, 0.1) is 0 Å². The number of hydrogen-bond donors (Lipinski definition) is 1. The van der Waals surface area contributed by atoms with Gasteiger partial charge in [0.2, 0.25) is 0 Å². The van der Waals surface area contributed by atoms with Crippen LogP contribution in [0.15, 0.2) is 48.5 Å². The van der Waals surface area contributed by atoms with Crippen molar-refractivity contribution in [1.82, 2.24) is 14.9 Å². The number of carbonyl (C=O) groups is 1. The van der Waals surface area contributed by atoms with E-state index in [4.69, 9.17) is 9.97 Å². The van der Waals surface area contributed by atoms with Crippen molar-refractivity contribution >= 4 is 28.6 Å². The first-order valence-electron chi connectivity index (χ1n) is 10.8. The van der Waals surface area contributed by atoms with Crippen LogP contribution < -0.4 is 15.0 Å². The molecule has 33 heavy (non-hydrogen) atoms. The summed E-state index contributed by atoms with van der Waals surface area (Å²) in [5.41, 5.74) is 1.96. The van der Waals surface area contributed by atoms with E-state index in [1.54, 1.807) is 4.90 Å². The summed E-state index contributed by atoms with van der Waals surface area (Å²) in [7, 11) is 0. The van der Waals surface area contributed by atoms with E-state index in [0.717, 1.165) is 47.6 Å². The van der Waals surface area contributed by atoms with E-state index < -0.39 is 6.36 Å². The van der Waals surface area contributed by atoms with E-state index in [2.05, 4.69) is 15.0 Å². The monoisotopic (exact) mass is 457 g/mol. The summed E-state index contributed by atoms with van der Waals surface area (Å²) in [5.74, 6) is 0.959. The number of aromatic nitrogens is 2. The molecule has 2 fully saturated rings. The van der Waals surface area contributed by atoms with Gasteiger partial charge >= 0.3 is 6.36 Å². The van der Waals surface area contributed by atoms with E-state index in [1.807, 2.05) is 24.3 Å². The second kappa shape index (κ2) is 8.42. The van der Waals surface area contributed by atoms with Gasteiger partial charge in [-0.15, -0.1) is 13.2 Å². The Morgan fingerprint density at radius 3 is 2.18 bits per heavy atom. The Bertz CT molecular complexity index is 1160. The number of piperazine rings is 1. The van der Waals surface area contributed by atoms with Crippen LogP contribution >= 0.6 is 0 Å². The first kappa shape index (κ1) is 21.3. The van der Waals surface area contributed by atoms with Crippen molar-refractivity contribution in [3.63, 3.8) is 0 Å². The number of amides is 1. The molecule has 1 aromatic heterocycles. The molecule has 1 N–H and O–H groups in total. The maximum atomic E-state index is 12.8. The highest BCUT2D eigenvalue weighted by Gasteiger charge is 2.31. The Hall–Kier alpha value is -3.56. The van der Waals surface area contributed by atoms with Gasteiger partial charge < -0.3 is 19.9 Å². The minimum absolute atomic E-state index is 0.228. The number of halogens is 3. The van der Waals surface area contributed by atoms with Gasteiger partial charge in [0.1, 0.15) is 5.75 Å². The average molecular weight is 457 g/mol. The SMILES string of the molecule is O=C(c1ccc(OC(F)(F)F)cc1)N1CCN(c2nc3ccccc3nc2NC2CC2)CC1. The van der Waals surface area contributed by atoms with Crippen LogP contribution in [-0.2, 0) is 0 Å². The number of hydrogen-bond acceptors (Lipinski definition) is 6. The molecular weight excluding hydrogens is 435 g/mol. The average Bonchev–Trinajstić information content (AvgIpc) is 3.62. The fourth-order valence-corrected chi connectivity index (χ4v) is 3.83. The minimum atomic E-state index is -4.76. The molecule has 10 heteroatoms. The normalized spacial score (nSPS) is 16.7. The van der Waals surface area contributed by atoms with Crippen molar-refractivity contribution in [3.05, 3.63) is 54.1 Å². The number of rotatable bonds is 5. The number of alkyl halides is 3. The molecule has 1 saturated heterocycles. The van der Waals surface area contributed by atoms with Gasteiger partial charge in [0.15, 0.2) is 11.6 Å². The van der Waals surface area contributed by atoms with Gasteiger partial charge in [0.05, 0.1) is 11.0 Å². The summed E-state index contributed by atoms with van der Waals surface area (Å²) in [6.45, 7) is 2.09. The Balaban J connectivity index is 1.28. The van der Waals surface area contributed by atoms with E-state index in [1.165, 1.54) is 12.1 Å². The second-order valence-electron chi connectivity index (χ2n) is 8.15. The van der Waals surface area contributed by atoms with Gasteiger partial charge in [0, 0.05) is 37.8 Å². The summed E-state index contributed by atoms with van der Waals surface area (Å²) in [6.07, 6.45) is -2.53. The fraction of sp³-hybridized carbons (Fsp3) is 0.348. The van der Waals surface area contributed by atoms with Gasteiger partial charge in [-0.05, 0) is 49.2 Å². The van der Waals surface area contributed by atoms with E-state index >= 15 is 0 Å². The smallest absolute Gasteiger partial charge is 0.406 e. The molecule has 2 heterocycles. The molecule has 172 valence electrons. The molecule has 0 spiro atoms. The highest BCUT2D eigenvalue weighted by molar-refractivity contribution is 5.94. The Kier molecular flexibility index (Phi) is 5.43. The van der Waals surface area contributed by atoms with Crippen LogP contribution in [-0.4, -0.2) is 59.4 Å². The lowest BCUT2D eigenvalue weighted by atomic mass is 10.1. The topological polar surface area (TPSA) is 70.6 Å². The van der Waals surface area contributed by atoms with Crippen LogP contribution in [0.1, 0.15) is 23.2 Å². The first-order valence-corrected chi connectivity index (χ1v) is 10.8. The summed E-state index contributed by atoms with van der Waals surface area (Å²) < 4.78 is 40.9. The minimum Gasteiger partial charge on any atom is -0.406 e. The molecule has 0 atom stereocenters. The highest BCUT2D eigenvalue weighted by atomic mass is 19.4. The van der Waals surface area contributed by atoms with Crippen LogP contribution in [0.5, 0.6) is 5.75 Å². The number of carbonyl (C=O) groups excluding carboxylic acids is 1. The van der Waals surface area contributed by atoms with E-state index in [-0.39, 0.29) is 11.7 Å². The zero-order chi connectivity index (χ0) is 23.0. The summed E-state index contributed by atoms with van der Waals surface area (Å²) >= 11 is 0. The predicted molar refractivity (Wildman–Crippen MR) is 117 cm³/mol. The molecule has 5 rings (SSSR count). The number of nitrogens with one attached hydrogen (secondary N) is 1. The predicted octanol–water partition coefficient (Wildman–Crippen LogP) is 4.07. The molecule has 1 aliphatic heterocycles. The van der Waals surface area contributed by atoms with Crippen LogP contribution in [0.4, 0.5) is 24.8 Å². The molecule has 1 amide bonds. The number of benzene rings is 2. The largest absolute Gasteiger partial charge is 0.573 e. The third-order valence-corrected chi connectivity index (χ3v) is 5.67. The Morgan fingerprint density at radius 1 is 0.939 bits per heavy atom. The maximum Gasteiger partial charge on any atom is 0.573 e. The van der Waals surface area contributed by atoms with Crippen molar-refractivity contribution in [2.24, 2.45) is 0 Å². The number of ether oxygens (including phenoxy) is 1. The quantitative estimate of drug-likeness (QED) is 0.623. The maximum absolute atomic E-state index is 12.8. The number of fused-ring (bicyclic) bond motifs is 1. The lowest BCUT2D eigenvalue weighted by molar-refractivity contribution is -0.274. The van der Waals surface area contributed by atoms with Crippen LogP contribution in [0.2, 0.25) is 0 Å². The van der Waals surface area contributed by atoms with E-state index in [9.17, 15) is 18.0 Å². The molecule has 1 aliphatic carbocycles. The number of para-hydroxylation sites is 2. The van der Waals surface area contributed by atoms with Crippen molar-refractivity contribution in [3.8, 4) is 5.75 Å². The molecule has 2 aromatic carbocycles. The van der Waals surface area contributed by atoms with Gasteiger partial charge in [0.25, 0.3) is 5.91 Å². The molecule has 2 aliphatic rings. The second-order valence-corrected chi connectivity index (χ2v) is 8.15. The molecule has 0 bridgehead atoms. The van der Waals surface area contributed by atoms with Gasteiger partial charge in [-0.3, -0.25) is 4.79 Å². The number of anilines is 2. The van der Waals surface area contributed by atoms with Crippen molar-refractivity contribution < 1.29 is 22.7 Å². The van der Waals surface area contributed by atoms with Gasteiger partial charge in [-0.1, -0.05) is 12.1 Å². The Morgan fingerprint density at radius 2 is 1.58 bits per heavy atom. The summed E-state index contributed by atoms with van der Waals surface area (Å²) in [6, 6.07) is 13.1. The lowest BCUT2D eigenvalue weighted by Crippen LogP contribution is -2.49. The molecular formula is C23H22F3N5O2. The number of nitrogens with zero attached hydrogens (tertiary/aromatic N) is 4. The highest BCUT2D eigenvalue weighted by Crippen LogP contribution is 2.31. The Labute approximate surface area is 188 Å². The van der Waals surface area contributed by atoms with E-state index in [0.29, 0.717) is 37.8 Å².